The van der Waals surface area contributed by atoms with E-state index < -0.39 is 24.4 Å². The van der Waals surface area contributed by atoms with Crippen LogP contribution in [0.3, 0.4) is 0 Å². The summed E-state index contributed by atoms with van der Waals surface area (Å²) in [6.07, 6.45) is -4.56. The molecular formula is C15H13F4N3O2. The van der Waals surface area contributed by atoms with Crippen molar-refractivity contribution in [2.75, 3.05) is 13.2 Å². The Bertz CT molecular complexity index is 719. The van der Waals surface area contributed by atoms with Crippen LogP contribution in [0.1, 0.15) is 16.1 Å². The number of hydrogen-bond donors (Lipinski definition) is 0. The molecule has 0 saturated carbocycles. The summed E-state index contributed by atoms with van der Waals surface area (Å²) >= 11 is 0. The second-order valence-corrected chi connectivity index (χ2v) is 5.34. The summed E-state index contributed by atoms with van der Waals surface area (Å²) in [5, 5.41) is 3.97. The number of benzene rings is 1. The number of nitrogens with zero attached hydrogens (tertiary/aromatic N) is 3. The molecule has 2 heterocycles. The molecule has 0 aliphatic carbocycles. The lowest BCUT2D eigenvalue weighted by atomic mass is 10.2. The predicted molar refractivity (Wildman–Crippen MR) is 74.9 cm³/mol. The van der Waals surface area contributed by atoms with Crippen LogP contribution in [-0.4, -0.2) is 39.9 Å². The van der Waals surface area contributed by atoms with Crippen LogP contribution in [0.5, 0.6) is 5.88 Å². The third-order valence-corrected chi connectivity index (χ3v) is 3.46. The largest absolute Gasteiger partial charge is 0.476 e. The number of hydrogen-bond acceptors (Lipinski definition) is 3. The third kappa shape index (κ3) is 3.66. The predicted octanol–water partition coefficient (Wildman–Crippen LogP) is 2.62. The molecule has 0 saturated heterocycles. The highest BCUT2D eigenvalue weighted by atomic mass is 19.4. The highest BCUT2D eigenvalue weighted by Gasteiger charge is 2.34. The molecule has 0 N–H and O–H groups in total. The maximum absolute atomic E-state index is 12.9. The smallest absolute Gasteiger partial charge is 0.406 e. The Hall–Kier alpha value is -2.58. The van der Waals surface area contributed by atoms with E-state index >= 15 is 0 Å². The van der Waals surface area contributed by atoms with E-state index in [0.29, 0.717) is 29.5 Å². The highest BCUT2D eigenvalue weighted by molar-refractivity contribution is 5.92. The Labute approximate surface area is 134 Å². The van der Waals surface area contributed by atoms with Crippen LogP contribution >= 0.6 is 0 Å². The van der Waals surface area contributed by atoms with Gasteiger partial charge in [-0.1, -0.05) is 12.1 Å². The average molecular weight is 343 g/mol. The first-order chi connectivity index (χ1) is 11.3. The van der Waals surface area contributed by atoms with Crippen molar-refractivity contribution in [3.05, 3.63) is 47.4 Å². The standard InChI is InChI=1S/C15H13F4N3O2/c16-11-3-1-10(2-4-11)8-21(9-15(17,18)19)14(23)12-7-13-22(20-12)5-6-24-13/h1-4,7H,5-6,8-9H2. The van der Waals surface area contributed by atoms with E-state index in [0.717, 1.165) is 12.1 Å². The van der Waals surface area contributed by atoms with E-state index in [1.807, 2.05) is 0 Å². The molecule has 5 nitrogen and oxygen atoms in total. The van der Waals surface area contributed by atoms with Crippen LogP contribution in [0.2, 0.25) is 0 Å². The second kappa shape index (κ2) is 6.14. The molecule has 0 atom stereocenters. The Morgan fingerprint density at radius 3 is 2.62 bits per heavy atom. The van der Waals surface area contributed by atoms with Gasteiger partial charge in [0.1, 0.15) is 19.0 Å². The van der Waals surface area contributed by atoms with Crippen LogP contribution in [0, 0.1) is 5.82 Å². The summed E-state index contributed by atoms with van der Waals surface area (Å²) in [4.78, 5) is 13.1. The van der Waals surface area contributed by atoms with Gasteiger partial charge in [-0.3, -0.25) is 4.79 Å². The zero-order chi connectivity index (χ0) is 17.3. The summed E-state index contributed by atoms with van der Waals surface area (Å²) in [5.41, 5.74) is 0.271. The Balaban J connectivity index is 1.82. The Morgan fingerprint density at radius 1 is 1.29 bits per heavy atom. The summed E-state index contributed by atoms with van der Waals surface area (Å²) < 4.78 is 58.0. The molecule has 128 valence electrons. The van der Waals surface area contributed by atoms with Crippen molar-refractivity contribution < 1.29 is 27.1 Å². The molecule has 1 aromatic carbocycles. The third-order valence-electron chi connectivity index (χ3n) is 3.46. The van der Waals surface area contributed by atoms with E-state index in [4.69, 9.17) is 4.74 Å². The van der Waals surface area contributed by atoms with Crippen LogP contribution in [0.15, 0.2) is 30.3 Å². The van der Waals surface area contributed by atoms with E-state index in [9.17, 15) is 22.4 Å². The Kier molecular flexibility index (Phi) is 4.16. The van der Waals surface area contributed by atoms with Gasteiger partial charge in [-0.05, 0) is 17.7 Å². The SMILES string of the molecule is O=C(c1cc2n(n1)CCO2)N(Cc1ccc(F)cc1)CC(F)(F)F. The van der Waals surface area contributed by atoms with E-state index in [-0.39, 0.29) is 12.2 Å². The normalized spacial score (nSPS) is 13.5. The van der Waals surface area contributed by atoms with Gasteiger partial charge in [0, 0.05) is 12.6 Å². The first-order valence-corrected chi connectivity index (χ1v) is 7.13. The molecule has 3 rings (SSSR count). The van der Waals surface area contributed by atoms with Gasteiger partial charge in [-0.15, -0.1) is 0 Å². The lowest BCUT2D eigenvalue weighted by molar-refractivity contribution is -0.141. The van der Waals surface area contributed by atoms with E-state index in [1.54, 1.807) is 0 Å². The molecule has 9 heteroatoms. The topological polar surface area (TPSA) is 47.4 Å². The van der Waals surface area contributed by atoms with Gasteiger partial charge in [0.2, 0.25) is 5.88 Å². The molecule has 0 unspecified atom stereocenters. The first kappa shape index (κ1) is 16.3. The maximum Gasteiger partial charge on any atom is 0.406 e. The number of carbonyl (C=O) groups excluding carboxylic acids is 1. The van der Waals surface area contributed by atoms with E-state index in [1.165, 1.54) is 22.9 Å². The average Bonchev–Trinajstić information content (AvgIpc) is 3.08. The minimum atomic E-state index is -4.56. The lowest BCUT2D eigenvalue weighted by Gasteiger charge is -2.23. The van der Waals surface area contributed by atoms with Gasteiger partial charge in [-0.2, -0.15) is 18.3 Å². The monoisotopic (exact) mass is 343 g/mol. The van der Waals surface area contributed by atoms with Gasteiger partial charge >= 0.3 is 6.18 Å². The zero-order valence-corrected chi connectivity index (χ0v) is 12.4. The molecular weight excluding hydrogens is 330 g/mol. The number of carbonyl (C=O) groups is 1. The molecule has 2 aromatic rings. The molecule has 0 bridgehead atoms. The molecule has 0 spiro atoms. The number of fused-ring (bicyclic) bond motifs is 1. The van der Waals surface area contributed by atoms with Gasteiger partial charge in [-0.25, -0.2) is 9.07 Å². The summed E-state index contributed by atoms with van der Waals surface area (Å²) in [6, 6.07) is 6.25. The van der Waals surface area contributed by atoms with E-state index in [2.05, 4.69) is 5.10 Å². The summed E-state index contributed by atoms with van der Waals surface area (Å²) in [6.45, 7) is -0.869. The summed E-state index contributed by atoms with van der Waals surface area (Å²) in [5.74, 6) is -1.01. The molecule has 1 aliphatic heterocycles. The number of halogens is 4. The number of ether oxygens (including phenoxy) is 1. The zero-order valence-electron chi connectivity index (χ0n) is 12.4. The van der Waals surface area contributed by atoms with Crippen molar-refractivity contribution in [3.8, 4) is 5.88 Å². The van der Waals surface area contributed by atoms with Crippen molar-refractivity contribution in [2.45, 2.75) is 19.3 Å². The molecule has 0 radical (unpaired) electrons. The van der Waals surface area contributed by atoms with Crippen LogP contribution < -0.4 is 4.74 Å². The quantitative estimate of drug-likeness (QED) is 0.802. The van der Waals surface area contributed by atoms with Crippen LogP contribution in [0.4, 0.5) is 17.6 Å². The molecule has 0 fully saturated rings. The van der Waals surface area contributed by atoms with Crippen molar-refractivity contribution in [1.82, 2.24) is 14.7 Å². The van der Waals surface area contributed by atoms with Gasteiger partial charge in [0.05, 0.1) is 6.54 Å². The number of rotatable bonds is 4. The van der Waals surface area contributed by atoms with Gasteiger partial charge in [0.15, 0.2) is 5.69 Å². The molecule has 1 aromatic heterocycles. The van der Waals surface area contributed by atoms with Gasteiger partial charge in [0.25, 0.3) is 5.91 Å². The molecule has 1 aliphatic rings. The first-order valence-electron chi connectivity index (χ1n) is 7.13. The number of amides is 1. The fourth-order valence-corrected chi connectivity index (χ4v) is 2.41. The van der Waals surface area contributed by atoms with Crippen molar-refractivity contribution in [2.24, 2.45) is 0 Å². The lowest BCUT2D eigenvalue weighted by Crippen LogP contribution is -2.38. The number of aromatic nitrogens is 2. The molecule has 1 amide bonds. The van der Waals surface area contributed by atoms with Crippen molar-refractivity contribution >= 4 is 5.91 Å². The minimum absolute atomic E-state index is 0.115. The van der Waals surface area contributed by atoms with Crippen LogP contribution in [0.25, 0.3) is 0 Å². The maximum atomic E-state index is 12.9. The summed E-state index contributed by atoms with van der Waals surface area (Å²) in [7, 11) is 0. The Morgan fingerprint density at radius 2 is 2.00 bits per heavy atom. The van der Waals surface area contributed by atoms with Crippen molar-refractivity contribution in [1.29, 1.82) is 0 Å². The van der Waals surface area contributed by atoms with Crippen molar-refractivity contribution in [3.63, 3.8) is 0 Å². The minimum Gasteiger partial charge on any atom is -0.476 e. The fourth-order valence-electron chi connectivity index (χ4n) is 2.41. The number of alkyl halides is 3. The fraction of sp³-hybridized carbons (Fsp3) is 0.333. The van der Waals surface area contributed by atoms with Gasteiger partial charge < -0.3 is 9.64 Å². The second-order valence-electron chi connectivity index (χ2n) is 5.34. The highest BCUT2D eigenvalue weighted by Crippen LogP contribution is 2.23. The van der Waals surface area contributed by atoms with Crippen LogP contribution in [-0.2, 0) is 13.1 Å². The molecule has 24 heavy (non-hydrogen) atoms.